The van der Waals surface area contributed by atoms with Crippen LogP contribution < -0.4 is 10.5 Å². The summed E-state index contributed by atoms with van der Waals surface area (Å²) in [5.41, 5.74) is 1.29. The Balaban J connectivity index is 1.99. The monoisotopic (exact) mass is 328 g/mol. The Morgan fingerprint density at radius 2 is 2.13 bits per heavy atom. The van der Waals surface area contributed by atoms with Crippen LogP contribution in [0, 0.1) is 11.3 Å². The summed E-state index contributed by atoms with van der Waals surface area (Å²) in [6, 6.07) is 12.2. The molecule has 1 aromatic carbocycles. The van der Waals surface area contributed by atoms with Crippen LogP contribution in [0.15, 0.2) is 41.3 Å². The van der Waals surface area contributed by atoms with Crippen molar-refractivity contribution in [1.82, 2.24) is 9.78 Å². The molecule has 1 aliphatic heterocycles. The second kappa shape index (κ2) is 6.43. The summed E-state index contributed by atoms with van der Waals surface area (Å²) in [5, 5.41) is 13.9. The summed E-state index contributed by atoms with van der Waals surface area (Å²) in [5.74, 6) is -0.265. The molecule has 0 spiro atoms. The SMILES string of the molecule is Cn1ncc(N2CCCC2C(C#N)c2ccccc2)c(Cl)c1=O. The normalized spacial score (nSPS) is 18.7. The Hall–Kier alpha value is -2.32. The Morgan fingerprint density at radius 3 is 2.83 bits per heavy atom. The van der Waals surface area contributed by atoms with Crippen LogP contribution in [-0.2, 0) is 7.05 Å². The zero-order chi connectivity index (χ0) is 16.4. The van der Waals surface area contributed by atoms with Crippen LogP contribution in [0.25, 0.3) is 0 Å². The molecule has 2 atom stereocenters. The van der Waals surface area contributed by atoms with E-state index >= 15 is 0 Å². The standard InChI is InChI=1S/C17H17ClN4O/c1-21-17(23)16(18)15(11-20-21)22-9-5-8-14(22)13(10-19)12-6-3-2-4-7-12/h2-4,6-7,11,13-14H,5,8-9H2,1H3. The van der Waals surface area contributed by atoms with Crippen molar-refractivity contribution in [2.24, 2.45) is 7.05 Å². The molecule has 0 bridgehead atoms. The van der Waals surface area contributed by atoms with Crippen molar-refractivity contribution in [3.05, 3.63) is 57.5 Å². The fourth-order valence-corrected chi connectivity index (χ4v) is 3.46. The molecule has 23 heavy (non-hydrogen) atoms. The lowest BCUT2D eigenvalue weighted by Gasteiger charge is -2.30. The number of nitrogens with zero attached hydrogens (tertiary/aromatic N) is 4. The number of hydrogen-bond acceptors (Lipinski definition) is 4. The first-order valence-corrected chi connectivity index (χ1v) is 7.94. The lowest BCUT2D eigenvalue weighted by molar-refractivity contribution is 0.607. The van der Waals surface area contributed by atoms with E-state index < -0.39 is 0 Å². The average Bonchev–Trinajstić information content (AvgIpc) is 3.04. The summed E-state index contributed by atoms with van der Waals surface area (Å²) < 4.78 is 1.22. The molecule has 118 valence electrons. The van der Waals surface area contributed by atoms with Crippen LogP contribution in [0.1, 0.15) is 24.3 Å². The highest BCUT2D eigenvalue weighted by molar-refractivity contribution is 6.33. The zero-order valence-electron chi connectivity index (χ0n) is 12.8. The van der Waals surface area contributed by atoms with E-state index in [1.165, 1.54) is 4.68 Å². The van der Waals surface area contributed by atoms with Gasteiger partial charge in [0.1, 0.15) is 5.02 Å². The van der Waals surface area contributed by atoms with Gasteiger partial charge < -0.3 is 4.90 Å². The van der Waals surface area contributed by atoms with E-state index in [9.17, 15) is 10.1 Å². The molecule has 0 saturated carbocycles. The van der Waals surface area contributed by atoms with Gasteiger partial charge in [0.15, 0.2) is 0 Å². The van der Waals surface area contributed by atoms with Crippen molar-refractivity contribution in [2.75, 3.05) is 11.4 Å². The first-order chi connectivity index (χ1) is 11.1. The van der Waals surface area contributed by atoms with Crippen molar-refractivity contribution in [3.63, 3.8) is 0 Å². The maximum Gasteiger partial charge on any atom is 0.287 e. The Morgan fingerprint density at radius 1 is 1.39 bits per heavy atom. The smallest absolute Gasteiger partial charge is 0.287 e. The van der Waals surface area contributed by atoms with Gasteiger partial charge in [0.2, 0.25) is 0 Å². The van der Waals surface area contributed by atoms with Crippen LogP contribution in [0.3, 0.4) is 0 Å². The van der Waals surface area contributed by atoms with Gasteiger partial charge in [-0.05, 0) is 18.4 Å². The topological polar surface area (TPSA) is 61.9 Å². The molecule has 2 aromatic rings. The molecule has 1 aliphatic rings. The Labute approximate surface area is 139 Å². The van der Waals surface area contributed by atoms with Crippen LogP contribution in [-0.4, -0.2) is 22.4 Å². The second-order valence-corrected chi connectivity index (χ2v) is 6.07. The minimum Gasteiger partial charge on any atom is -0.364 e. The molecule has 3 rings (SSSR count). The first kappa shape index (κ1) is 15.6. The molecule has 0 amide bonds. The number of benzene rings is 1. The molecule has 0 radical (unpaired) electrons. The third-order valence-electron chi connectivity index (χ3n) is 4.35. The summed E-state index contributed by atoms with van der Waals surface area (Å²) in [7, 11) is 1.57. The van der Waals surface area contributed by atoms with Crippen molar-refractivity contribution in [1.29, 1.82) is 5.26 Å². The van der Waals surface area contributed by atoms with E-state index in [1.807, 2.05) is 30.3 Å². The Kier molecular flexibility index (Phi) is 4.35. The number of hydrogen-bond donors (Lipinski definition) is 0. The van der Waals surface area contributed by atoms with Gasteiger partial charge in [-0.25, -0.2) is 4.68 Å². The minimum atomic E-state index is -0.317. The van der Waals surface area contributed by atoms with Crippen LogP contribution in [0.5, 0.6) is 0 Å². The number of aromatic nitrogens is 2. The number of nitriles is 1. The molecule has 5 nitrogen and oxygen atoms in total. The molecule has 2 unspecified atom stereocenters. The first-order valence-electron chi connectivity index (χ1n) is 7.56. The predicted octanol–water partition coefficient (Wildman–Crippen LogP) is 2.71. The van der Waals surface area contributed by atoms with Gasteiger partial charge in [0.25, 0.3) is 5.56 Å². The van der Waals surface area contributed by atoms with Crippen LogP contribution >= 0.6 is 11.6 Å². The largest absolute Gasteiger partial charge is 0.364 e. The minimum absolute atomic E-state index is 0.00574. The molecule has 6 heteroatoms. The number of aryl methyl sites for hydroxylation is 1. The highest BCUT2D eigenvalue weighted by atomic mass is 35.5. The van der Waals surface area contributed by atoms with E-state index in [4.69, 9.17) is 11.6 Å². The summed E-state index contributed by atoms with van der Waals surface area (Å²) in [6.07, 6.45) is 3.46. The number of rotatable bonds is 3. The van der Waals surface area contributed by atoms with Gasteiger partial charge in [-0.3, -0.25) is 4.79 Å². The van der Waals surface area contributed by atoms with E-state index in [0.29, 0.717) is 5.69 Å². The van der Waals surface area contributed by atoms with Crippen molar-refractivity contribution in [3.8, 4) is 6.07 Å². The molecule has 0 N–H and O–H groups in total. The fourth-order valence-electron chi connectivity index (χ4n) is 3.18. The lowest BCUT2D eigenvalue weighted by Crippen LogP contribution is -2.36. The molecule has 1 fully saturated rings. The van der Waals surface area contributed by atoms with Gasteiger partial charge in [0.05, 0.1) is 23.9 Å². The van der Waals surface area contributed by atoms with Gasteiger partial charge in [-0.1, -0.05) is 41.9 Å². The third-order valence-corrected chi connectivity index (χ3v) is 4.71. The van der Waals surface area contributed by atoms with Gasteiger partial charge in [-0.2, -0.15) is 10.4 Å². The van der Waals surface area contributed by atoms with Gasteiger partial charge in [-0.15, -0.1) is 0 Å². The van der Waals surface area contributed by atoms with Gasteiger partial charge in [0, 0.05) is 19.6 Å². The molecule has 0 aliphatic carbocycles. The predicted molar refractivity (Wildman–Crippen MR) is 89.7 cm³/mol. The third kappa shape index (κ3) is 2.82. The maximum absolute atomic E-state index is 12.0. The highest BCUT2D eigenvalue weighted by Crippen LogP contribution is 2.36. The zero-order valence-corrected chi connectivity index (χ0v) is 13.6. The second-order valence-electron chi connectivity index (χ2n) is 5.69. The molecule has 1 saturated heterocycles. The summed E-state index contributed by atoms with van der Waals surface area (Å²) >= 11 is 6.24. The fraction of sp³-hybridized carbons (Fsp3) is 0.353. The van der Waals surface area contributed by atoms with E-state index in [1.54, 1.807) is 13.2 Å². The van der Waals surface area contributed by atoms with Gasteiger partial charge >= 0.3 is 0 Å². The maximum atomic E-state index is 12.0. The number of anilines is 1. The average molecular weight is 329 g/mol. The molecular formula is C17H17ClN4O. The van der Waals surface area contributed by atoms with E-state index in [0.717, 1.165) is 24.9 Å². The quantitative estimate of drug-likeness (QED) is 0.869. The molecule has 1 aromatic heterocycles. The molecule has 2 heterocycles. The van der Waals surface area contributed by atoms with E-state index in [2.05, 4.69) is 16.1 Å². The van der Waals surface area contributed by atoms with Crippen LogP contribution in [0.4, 0.5) is 5.69 Å². The number of halogens is 1. The van der Waals surface area contributed by atoms with Crippen molar-refractivity contribution in [2.45, 2.75) is 24.8 Å². The Bertz CT molecular complexity index is 796. The molecular weight excluding hydrogens is 312 g/mol. The van der Waals surface area contributed by atoms with Crippen LogP contribution in [0.2, 0.25) is 5.02 Å². The summed E-state index contributed by atoms with van der Waals surface area (Å²) in [6.45, 7) is 0.768. The highest BCUT2D eigenvalue weighted by Gasteiger charge is 2.34. The van der Waals surface area contributed by atoms with E-state index in [-0.39, 0.29) is 22.5 Å². The lowest BCUT2D eigenvalue weighted by atomic mass is 9.91. The summed E-state index contributed by atoms with van der Waals surface area (Å²) in [4.78, 5) is 14.1. The van der Waals surface area contributed by atoms with Crippen molar-refractivity contribution >= 4 is 17.3 Å². The van der Waals surface area contributed by atoms with Crippen molar-refractivity contribution < 1.29 is 0 Å².